The minimum absolute atomic E-state index is 0.576. The first-order valence-electron chi connectivity index (χ1n) is 6.20. The molecule has 0 aliphatic heterocycles. The Bertz CT molecular complexity index is 218. The van der Waals surface area contributed by atoms with E-state index in [-0.39, 0.29) is 0 Å². The molecule has 0 aliphatic rings. The third kappa shape index (κ3) is 2.27. The fourth-order valence-electron chi connectivity index (χ4n) is 0.663. The van der Waals surface area contributed by atoms with Crippen LogP contribution in [0.1, 0.15) is 35.8 Å². The lowest BCUT2D eigenvalue weighted by Crippen LogP contribution is -2.36. The van der Waals surface area contributed by atoms with Gasteiger partial charge in [0.25, 0.3) is 0 Å². The summed E-state index contributed by atoms with van der Waals surface area (Å²) in [5.41, 5.74) is -2.49. The molecule has 0 rings (SSSR count). The number of aliphatic hydroxyl groups is 2. The van der Waals surface area contributed by atoms with Crippen molar-refractivity contribution >= 4 is 0 Å². The highest BCUT2D eigenvalue weighted by Gasteiger charge is 2.28. The molecular weight excluding hydrogens is 128 g/mol. The average Bonchev–Trinajstić information content (AvgIpc) is 2.00. The van der Waals surface area contributed by atoms with Crippen LogP contribution in [-0.4, -0.2) is 22.9 Å². The lowest BCUT2D eigenvalue weighted by atomic mass is 9.82. The number of hydrogen-bond acceptors (Lipinski definition) is 2. The van der Waals surface area contributed by atoms with E-state index in [0.29, 0.717) is 0 Å². The van der Waals surface area contributed by atoms with Gasteiger partial charge in [-0.15, -0.1) is 0 Å². The molecule has 0 bridgehead atoms. The fourth-order valence-corrected chi connectivity index (χ4v) is 0.663. The lowest BCUT2D eigenvalue weighted by molar-refractivity contribution is -0.0204. The second kappa shape index (κ2) is 3.35. The summed E-state index contributed by atoms with van der Waals surface area (Å²) >= 11 is 0. The maximum atomic E-state index is 9.83. The van der Waals surface area contributed by atoms with Gasteiger partial charge >= 0.3 is 0 Å². The van der Waals surface area contributed by atoms with E-state index < -0.39 is 37.7 Å². The molecule has 2 nitrogen and oxygen atoms in total. The Kier molecular flexibility index (Phi) is 1.19. The van der Waals surface area contributed by atoms with Crippen LogP contribution < -0.4 is 0 Å². The van der Waals surface area contributed by atoms with Gasteiger partial charge in [-0.05, 0) is 5.92 Å². The maximum absolute atomic E-state index is 9.83. The average molecular weight is 152 g/mol. The van der Waals surface area contributed by atoms with Crippen LogP contribution in [0.5, 0.6) is 0 Å². The zero-order valence-electron chi connectivity index (χ0n) is 12.3. The van der Waals surface area contributed by atoms with Crippen molar-refractivity contribution in [1.82, 2.24) is 0 Å². The SMILES string of the molecule is [2H]C([2H])([2H])C(CO)(C(O)C(C)C)C([2H])([2H])[2H]. The zero-order valence-corrected chi connectivity index (χ0v) is 6.26. The molecule has 2 N–H and O–H groups in total. The smallest absolute Gasteiger partial charge is 0.0635 e. The molecule has 62 valence electrons. The second-order valence-electron chi connectivity index (χ2n) is 2.82. The number of rotatable bonds is 3. The van der Waals surface area contributed by atoms with E-state index in [1.165, 1.54) is 13.8 Å². The minimum atomic E-state index is -2.96. The third-order valence-corrected chi connectivity index (χ3v) is 1.39. The first-order valence-corrected chi connectivity index (χ1v) is 3.20. The van der Waals surface area contributed by atoms with E-state index in [4.69, 9.17) is 8.22 Å². The van der Waals surface area contributed by atoms with Gasteiger partial charge in [0.2, 0.25) is 0 Å². The highest BCUT2D eigenvalue weighted by atomic mass is 16.3. The van der Waals surface area contributed by atoms with Gasteiger partial charge in [-0.2, -0.15) is 0 Å². The Morgan fingerprint density at radius 2 is 2.00 bits per heavy atom. The minimum Gasteiger partial charge on any atom is -0.396 e. The van der Waals surface area contributed by atoms with Crippen molar-refractivity contribution in [3.63, 3.8) is 0 Å². The zero-order chi connectivity index (χ0) is 13.4. The summed E-state index contributed by atoms with van der Waals surface area (Å²) in [7, 11) is 0. The van der Waals surface area contributed by atoms with Crippen molar-refractivity contribution in [3.05, 3.63) is 0 Å². The van der Waals surface area contributed by atoms with Crippen LogP contribution in [0, 0.1) is 11.3 Å². The van der Waals surface area contributed by atoms with E-state index in [9.17, 15) is 10.2 Å². The van der Waals surface area contributed by atoms with Gasteiger partial charge in [0, 0.05) is 13.6 Å². The van der Waals surface area contributed by atoms with Gasteiger partial charge in [-0.25, -0.2) is 0 Å². The van der Waals surface area contributed by atoms with Gasteiger partial charge in [0.05, 0.1) is 12.7 Å². The van der Waals surface area contributed by atoms with Crippen molar-refractivity contribution in [1.29, 1.82) is 0 Å². The molecule has 0 aliphatic carbocycles. The Labute approximate surface area is 71.3 Å². The van der Waals surface area contributed by atoms with Crippen molar-refractivity contribution in [3.8, 4) is 0 Å². The van der Waals surface area contributed by atoms with E-state index in [1.54, 1.807) is 0 Å². The normalized spacial score (nSPS) is 27.3. The molecule has 1 atom stereocenters. The lowest BCUT2D eigenvalue weighted by Gasteiger charge is -2.30. The third-order valence-electron chi connectivity index (χ3n) is 1.39. The monoisotopic (exact) mass is 152 g/mol. The van der Waals surface area contributed by atoms with Crippen LogP contribution in [0.15, 0.2) is 0 Å². The Balaban J connectivity index is 5.68. The molecule has 0 saturated carbocycles. The van der Waals surface area contributed by atoms with Crippen molar-refractivity contribution in [2.45, 2.75) is 33.7 Å². The Morgan fingerprint density at radius 3 is 2.10 bits per heavy atom. The Morgan fingerprint density at radius 1 is 1.50 bits per heavy atom. The molecule has 0 saturated heterocycles. The highest BCUT2D eigenvalue weighted by Crippen LogP contribution is 2.24. The van der Waals surface area contributed by atoms with E-state index in [0.717, 1.165) is 0 Å². The predicted molar refractivity (Wildman–Crippen MR) is 41.7 cm³/mol. The van der Waals surface area contributed by atoms with Crippen LogP contribution in [0.3, 0.4) is 0 Å². The van der Waals surface area contributed by atoms with E-state index in [1.807, 2.05) is 0 Å². The molecule has 0 radical (unpaired) electrons. The fraction of sp³-hybridized carbons (Fsp3) is 1.00. The first-order chi connectivity index (χ1) is 6.91. The summed E-state index contributed by atoms with van der Waals surface area (Å²) < 4.78 is 43.6. The largest absolute Gasteiger partial charge is 0.396 e. The molecule has 0 aromatic rings. The molecule has 0 heterocycles. The summed E-state index contributed by atoms with van der Waals surface area (Å²) in [5, 5.41) is 19.0. The quantitative estimate of drug-likeness (QED) is 0.634. The molecular formula is C8H18O2. The standard InChI is InChI=1S/C8H18O2/c1-6(2)7(10)8(3,4)5-9/h6-7,9-10H,5H2,1-4H3/i3D3,4D3. The summed E-state index contributed by atoms with van der Waals surface area (Å²) in [6.45, 7) is -4.02. The summed E-state index contributed by atoms with van der Waals surface area (Å²) in [6, 6.07) is 0. The van der Waals surface area contributed by atoms with Gasteiger partial charge in [0.1, 0.15) is 0 Å². The molecule has 0 aromatic carbocycles. The molecule has 2 heteroatoms. The number of aliphatic hydroxyl groups excluding tert-OH is 2. The van der Waals surface area contributed by atoms with Gasteiger partial charge in [-0.3, -0.25) is 0 Å². The summed E-state index contributed by atoms with van der Waals surface area (Å²) in [4.78, 5) is 0. The van der Waals surface area contributed by atoms with Gasteiger partial charge < -0.3 is 10.2 Å². The molecule has 10 heavy (non-hydrogen) atoms. The maximum Gasteiger partial charge on any atom is 0.0635 e. The van der Waals surface area contributed by atoms with Gasteiger partial charge in [0.15, 0.2) is 0 Å². The first kappa shape index (κ1) is 3.55. The topological polar surface area (TPSA) is 40.5 Å². The molecule has 0 aromatic heterocycles. The molecule has 0 fully saturated rings. The molecule has 1 unspecified atom stereocenters. The van der Waals surface area contributed by atoms with Crippen LogP contribution >= 0.6 is 0 Å². The van der Waals surface area contributed by atoms with Crippen LogP contribution in [0.2, 0.25) is 0 Å². The number of hydrogen-bond donors (Lipinski definition) is 2. The van der Waals surface area contributed by atoms with Crippen molar-refractivity contribution < 1.29 is 18.4 Å². The summed E-state index contributed by atoms with van der Waals surface area (Å²) in [6.07, 6.45) is -1.63. The second-order valence-corrected chi connectivity index (χ2v) is 2.82. The Hall–Kier alpha value is -0.0800. The predicted octanol–water partition coefficient (Wildman–Crippen LogP) is 1.02. The summed E-state index contributed by atoms with van der Waals surface area (Å²) in [5.74, 6) is -0.576. The molecule has 0 spiro atoms. The van der Waals surface area contributed by atoms with E-state index in [2.05, 4.69) is 0 Å². The van der Waals surface area contributed by atoms with Crippen LogP contribution in [0.4, 0.5) is 0 Å². The van der Waals surface area contributed by atoms with Crippen molar-refractivity contribution in [2.75, 3.05) is 6.61 Å². The van der Waals surface area contributed by atoms with E-state index >= 15 is 0 Å². The van der Waals surface area contributed by atoms with Crippen LogP contribution in [-0.2, 0) is 0 Å². The van der Waals surface area contributed by atoms with Crippen molar-refractivity contribution in [2.24, 2.45) is 11.3 Å². The highest BCUT2D eigenvalue weighted by molar-refractivity contribution is 4.78. The van der Waals surface area contributed by atoms with Crippen LogP contribution in [0.25, 0.3) is 0 Å². The van der Waals surface area contributed by atoms with Gasteiger partial charge in [-0.1, -0.05) is 27.6 Å². The molecule has 0 amide bonds.